The first-order chi connectivity index (χ1) is 7.20. The molecule has 0 atom stereocenters. The summed E-state index contributed by atoms with van der Waals surface area (Å²) in [6.07, 6.45) is 0. The van der Waals surface area contributed by atoms with E-state index in [-0.39, 0.29) is 5.69 Å². The minimum Gasteiger partial charge on any atom is -0.377 e. The zero-order valence-corrected chi connectivity index (χ0v) is 8.06. The van der Waals surface area contributed by atoms with Crippen molar-refractivity contribution in [3.8, 4) is 0 Å². The Hall–Kier alpha value is -1.95. The summed E-state index contributed by atoms with van der Waals surface area (Å²) in [5, 5.41) is 10.5. The monoisotopic (exact) mass is 207 g/mol. The molecule has 6 nitrogen and oxygen atoms in total. The van der Waals surface area contributed by atoms with Crippen LogP contribution in [0.5, 0.6) is 0 Å². The van der Waals surface area contributed by atoms with E-state index >= 15 is 0 Å². The minimum absolute atomic E-state index is 0.0398. The van der Waals surface area contributed by atoms with Crippen LogP contribution in [0.1, 0.15) is 5.82 Å². The summed E-state index contributed by atoms with van der Waals surface area (Å²) in [4.78, 5) is 17.2. The molecular weight excluding hydrogens is 198 g/mol. The lowest BCUT2D eigenvalue weighted by atomic mass is 10.3. The second-order valence-electron chi connectivity index (χ2n) is 3.08. The van der Waals surface area contributed by atoms with Gasteiger partial charge in [-0.1, -0.05) is 0 Å². The number of methoxy groups -OCH3 is 1. The molecule has 1 heterocycles. The lowest BCUT2D eigenvalue weighted by molar-refractivity contribution is -0.384. The number of aromatic amines is 1. The predicted octanol–water partition coefficient (Wildman–Crippen LogP) is 1.62. The number of imidazole rings is 1. The normalized spacial score (nSPS) is 10.7. The molecule has 0 spiro atoms. The number of nitro groups is 1. The molecular formula is C9H9N3O3. The highest BCUT2D eigenvalue weighted by Crippen LogP contribution is 2.18. The van der Waals surface area contributed by atoms with Gasteiger partial charge in [0.1, 0.15) is 12.4 Å². The fourth-order valence-corrected chi connectivity index (χ4v) is 1.37. The Morgan fingerprint density at radius 1 is 1.60 bits per heavy atom. The number of aromatic nitrogens is 2. The summed E-state index contributed by atoms with van der Waals surface area (Å²) in [5.74, 6) is 0.660. The predicted molar refractivity (Wildman–Crippen MR) is 53.5 cm³/mol. The van der Waals surface area contributed by atoms with Crippen LogP contribution in [-0.4, -0.2) is 22.0 Å². The van der Waals surface area contributed by atoms with Crippen LogP contribution in [0.3, 0.4) is 0 Å². The second-order valence-corrected chi connectivity index (χ2v) is 3.08. The molecule has 15 heavy (non-hydrogen) atoms. The van der Waals surface area contributed by atoms with Crippen LogP contribution in [0.2, 0.25) is 0 Å². The van der Waals surface area contributed by atoms with Crippen LogP contribution >= 0.6 is 0 Å². The molecule has 1 aromatic carbocycles. The average molecular weight is 207 g/mol. The number of H-pyrrole nitrogens is 1. The highest BCUT2D eigenvalue weighted by Gasteiger charge is 2.09. The molecule has 0 saturated heterocycles. The van der Waals surface area contributed by atoms with Gasteiger partial charge >= 0.3 is 0 Å². The maximum Gasteiger partial charge on any atom is 0.271 e. The number of nitrogens with one attached hydrogen (secondary N) is 1. The third kappa shape index (κ3) is 1.79. The molecule has 0 unspecified atom stereocenters. The summed E-state index contributed by atoms with van der Waals surface area (Å²) >= 11 is 0. The van der Waals surface area contributed by atoms with Crippen molar-refractivity contribution in [2.24, 2.45) is 0 Å². The first-order valence-corrected chi connectivity index (χ1v) is 4.32. The van der Waals surface area contributed by atoms with E-state index in [1.807, 2.05) is 0 Å². The van der Waals surface area contributed by atoms with Gasteiger partial charge in [-0.05, 0) is 6.07 Å². The Labute approximate surface area is 85.0 Å². The zero-order chi connectivity index (χ0) is 10.8. The highest BCUT2D eigenvalue weighted by atomic mass is 16.6. The molecule has 2 rings (SSSR count). The van der Waals surface area contributed by atoms with E-state index in [0.717, 1.165) is 5.52 Å². The third-order valence-corrected chi connectivity index (χ3v) is 2.01. The highest BCUT2D eigenvalue weighted by molar-refractivity contribution is 5.77. The quantitative estimate of drug-likeness (QED) is 0.612. The summed E-state index contributed by atoms with van der Waals surface area (Å²) in [6.45, 7) is 0.364. The van der Waals surface area contributed by atoms with E-state index < -0.39 is 4.92 Å². The maximum absolute atomic E-state index is 10.5. The number of fused-ring (bicyclic) bond motifs is 1. The van der Waals surface area contributed by atoms with E-state index in [2.05, 4.69) is 9.97 Å². The molecule has 0 amide bonds. The van der Waals surface area contributed by atoms with Crippen molar-refractivity contribution < 1.29 is 9.66 Å². The molecule has 2 aromatic rings. The summed E-state index contributed by atoms with van der Waals surface area (Å²) < 4.78 is 4.91. The SMILES string of the molecule is COCc1nc2cc([N+](=O)[O-])ccc2[nH]1. The Bertz CT molecular complexity index is 506. The molecule has 1 N–H and O–H groups in total. The van der Waals surface area contributed by atoms with Gasteiger partial charge in [0.05, 0.1) is 16.0 Å². The van der Waals surface area contributed by atoms with Gasteiger partial charge in [0.15, 0.2) is 0 Å². The van der Waals surface area contributed by atoms with E-state index in [1.165, 1.54) is 12.1 Å². The Morgan fingerprint density at radius 3 is 3.07 bits per heavy atom. The van der Waals surface area contributed by atoms with Crippen LogP contribution in [0.25, 0.3) is 11.0 Å². The van der Waals surface area contributed by atoms with Gasteiger partial charge in [0.25, 0.3) is 5.69 Å². The van der Waals surface area contributed by atoms with Crippen LogP contribution in [0, 0.1) is 10.1 Å². The Balaban J connectivity index is 2.47. The van der Waals surface area contributed by atoms with Crippen molar-refractivity contribution in [2.45, 2.75) is 6.61 Å². The van der Waals surface area contributed by atoms with Crippen molar-refractivity contribution in [1.29, 1.82) is 0 Å². The molecule has 0 fully saturated rings. The van der Waals surface area contributed by atoms with Gasteiger partial charge in [-0.3, -0.25) is 10.1 Å². The number of nitrogens with zero attached hydrogens (tertiary/aromatic N) is 2. The molecule has 6 heteroatoms. The summed E-state index contributed by atoms with van der Waals surface area (Å²) in [5.41, 5.74) is 1.39. The van der Waals surface area contributed by atoms with E-state index in [4.69, 9.17) is 4.74 Å². The van der Waals surface area contributed by atoms with E-state index in [9.17, 15) is 10.1 Å². The number of ether oxygens (including phenoxy) is 1. The van der Waals surface area contributed by atoms with Crippen LogP contribution in [0.4, 0.5) is 5.69 Å². The lowest BCUT2D eigenvalue weighted by Gasteiger charge is -1.89. The van der Waals surface area contributed by atoms with Crippen molar-refractivity contribution in [3.63, 3.8) is 0 Å². The second kappa shape index (κ2) is 3.66. The smallest absolute Gasteiger partial charge is 0.271 e. The van der Waals surface area contributed by atoms with Crippen molar-refractivity contribution in [2.75, 3.05) is 7.11 Å². The summed E-state index contributed by atoms with van der Waals surface area (Å²) in [7, 11) is 1.57. The van der Waals surface area contributed by atoms with Crippen molar-refractivity contribution in [1.82, 2.24) is 9.97 Å². The number of benzene rings is 1. The van der Waals surface area contributed by atoms with Crippen LogP contribution in [0.15, 0.2) is 18.2 Å². The molecule has 0 aliphatic heterocycles. The molecule has 1 aromatic heterocycles. The van der Waals surface area contributed by atoms with Gasteiger partial charge in [-0.2, -0.15) is 0 Å². The van der Waals surface area contributed by atoms with Crippen molar-refractivity contribution in [3.05, 3.63) is 34.1 Å². The van der Waals surface area contributed by atoms with Crippen LogP contribution < -0.4 is 0 Å². The number of hydrogen-bond acceptors (Lipinski definition) is 4. The average Bonchev–Trinajstić information content (AvgIpc) is 2.59. The molecule has 0 aliphatic rings. The standard InChI is InChI=1S/C9H9N3O3/c1-15-5-9-10-7-3-2-6(12(13)14)4-8(7)11-9/h2-4H,5H2,1H3,(H,10,11). The van der Waals surface area contributed by atoms with Crippen molar-refractivity contribution >= 4 is 16.7 Å². The fourth-order valence-electron chi connectivity index (χ4n) is 1.37. The first kappa shape index (κ1) is 9.60. The van der Waals surface area contributed by atoms with Crippen LogP contribution in [-0.2, 0) is 11.3 Å². The Morgan fingerprint density at radius 2 is 2.40 bits per heavy atom. The number of hydrogen-bond donors (Lipinski definition) is 1. The molecule has 0 saturated carbocycles. The third-order valence-electron chi connectivity index (χ3n) is 2.01. The number of nitro benzene ring substituents is 1. The maximum atomic E-state index is 10.5. The van der Waals surface area contributed by atoms with Gasteiger partial charge in [0, 0.05) is 19.2 Å². The zero-order valence-electron chi connectivity index (χ0n) is 8.06. The number of non-ortho nitro benzene ring substituents is 1. The van der Waals surface area contributed by atoms with E-state index in [1.54, 1.807) is 13.2 Å². The fraction of sp³-hybridized carbons (Fsp3) is 0.222. The summed E-state index contributed by atoms with van der Waals surface area (Å²) in [6, 6.07) is 4.52. The molecule has 0 radical (unpaired) electrons. The van der Waals surface area contributed by atoms with Gasteiger partial charge in [-0.15, -0.1) is 0 Å². The minimum atomic E-state index is -0.440. The van der Waals surface area contributed by atoms with Gasteiger partial charge < -0.3 is 9.72 Å². The topological polar surface area (TPSA) is 81.1 Å². The Kier molecular flexibility index (Phi) is 2.34. The molecule has 0 aliphatic carbocycles. The first-order valence-electron chi connectivity index (χ1n) is 4.32. The van der Waals surface area contributed by atoms with E-state index in [0.29, 0.717) is 17.9 Å². The van der Waals surface area contributed by atoms with Gasteiger partial charge in [0.2, 0.25) is 0 Å². The lowest BCUT2D eigenvalue weighted by Crippen LogP contribution is -1.88. The molecule has 78 valence electrons. The van der Waals surface area contributed by atoms with Gasteiger partial charge in [-0.25, -0.2) is 4.98 Å². The number of rotatable bonds is 3. The largest absolute Gasteiger partial charge is 0.377 e. The molecule has 0 bridgehead atoms.